The van der Waals surface area contributed by atoms with Crippen molar-refractivity contribution < 1.29 is 14.7 Å². The Morgan fingerprint density at radius 3 is 2.92 bits per heavy atom. The van der Waals surface area contributed by atoms with Crippen molar-refractivity contribution in [3.8, 4) is 0 Å². The summed E-state index contributed by atoms with van der Waals surface area (Å²) in [5.41, 5.74) is 0.496. The van der Waals surface area contributed by atoms with Gasteiger partial charge >= 0.3 is 5.97 Å². The fourth-order valence-corrected chi connectivity index (χ4v) is 4.05. The number of nitrogens with zero attached hydrogens (tertiary/aromatic N) is 1. The number of fused-ring (bicyclic) bond motifs is 1. The predicted octanol–water partition coefficient (Wildman–Crippen LogP) is 1.92. The van der Waals surface area contributed by atoms with Gasteiger partial charge in [0.15, 0.2) is 0 Å². The van der Waals surface area contributed by atoms with E-state index in [9.17, 15) is 14.4 Å². The highest BCUT2D eigenvalue weighted by molar-refractivity contribution is 7.98. The zero-order valence-corrected chi connectivity index (χ0v) is 15.1. The Bertz CT molecular complexity index is 867. The molecule has 1 fully saturated rings. The van der Waals surface area contributed by atoms with Crippen molar-refractivity contribution in [3.05, 3.63) is 40.4 Å². The Labute approximate surface area is 154 Å². The van der Waals surface area contributed by atoms with E-state index in [1.807, 2.05) is 6.07 Å². The van der Waals surface area contributed by atoms with Gasteiger partial charge in [-0.15, -0.1) is 0 Å². The van der Waals surface area contributed by atoms with Gasteiger partial charge in [-0.25, -0.2) is 4.98 Å². The van der Waals surface area contributed by atoms with Crippen LogP contribution in [-0.4, -0.2) is 38.7 Å². The monoisotopic (exact) mass is 375 g/mol. The standard InChI is InChI=1S/C18H21N3O4S/c22-16(20-14-7-3-5-12(14)18(24)25)8-9-26-10-15-19-13-6-2-1-4-11(13)17(23)21-15/h1-2,4,6,12,14H,3,5,7-10H2,(H,20,22)(H,24,25)(H,19,21,23)/t12-,14+/m1/s1. The van der Waals surface area contributed by atoms with Gasteiger partial charge in [0.2, 0.25) is 5.91 Å². The number of benzene rings is 1. The maximum absolute atomic E-state index is 12.0. The molecule has 7 nitrogen and oxygen atoms in total. The predicted molar refractivity (Wildman–Crippen MR) is 100 cm³/mol. The average molecular weight is 375 g/mol. The molecule has 0 saturated heterocycles. The Morgan fingerprint density at radius 2 is 2.12 bits per heavy atom. The molecule has 0 aliphatic heterocycles. The van der Waals surface area contributed by atoms with Crippen LogP contribution in [0.25, 0.3) is 10.9 Å². The first-order valence-corrected chi connectivity index (χ1v) is 9.78. The molecule has 1 heterocycles. The molecule has 1 aliphatic carbocycles. The van der Waals surface area contributed by atoms with E-state index in [1.54, 1.807) is 18.2 Å². The van der Waals surface area contributed by atoms with Gasteiger partial charge in [0.25, 0.3) is 5.56 Å². The summed E-state index contributed by atoms with van der Waals surface area (Å²) < 4.78 is 0. The number of carboxylic acid groups (broad SMARTS) is 1. The molecule has 1 aliphatic rings. The first-order chi connectivity index (χ1) is 12.5. The number of carboxylic acids is 1. The first-order valence-electron chi connectivity index (χ1n) is 8.62. The number of hydrogen-bond donors (Lipinski definition) is 3. The van der Waals surface area contributed by atoms with Crippen molar-refractivity contribution in [1.29, 1.82) is 0 Å². The van der Waals surface area contributed by atoms with Crippen LogP contribution in [0, 0.1) is 5.92 Å². The van der Waals surface area contributed by atoms with Gasteiger partial charge in [-0.1, -0.05) is 18.6 Å². The molecule has 0 spiro atoms. The first kappa shape index (κ1) is 18.4. The molecule has 8 heteroatoms. The summed E-state index contributed by atoms with van der Waals surface area (Å²) in [4.78, 5) is 42.3. The molecule has 1 aromatic carbocycles. The third-order valence-corrected chi connectivity index (χ3v) is 5.52. The summed E-state index contributed by atoms with van der Waals surface area (Å²) in [6, 6.07) is 6.90. The number of nitrogens with one attached hydrogen (secondary N) is 2. The molecule has 3 rings (SSSR count). The highest BCUT2D eigenvalue weighted by Crippen LogP contribution is 2.26. The molecular formula is C18H21N3O4S. The van der Waals surface area contributed by atoms with Gasteiger partial charge in [0.05, 0.1) is 22.6 Å². The van der Waals surface area contributed by atoms with E-state index in [2.05, 4.69) is 15.3 Å². The lowest BCUT2D eigenvalue weighted by Crippen LogP contribution is -2.40. The lowest BCUT2D eigenvalue weighted by atomic mass is 10.0. The molecule has 2 aromatic rings. The topological polar surface area (TPSA) is 112 Å². The number of aliphatic carboxylic acids is 1. The van der Waals surface area contributed by atoms with Crippen molar-refractivity contribution in [2.45, 2.75) is 37.5 Å². The summed E-state index contributed by atoms with van der Waals surface area (Å²) in [5.74, 6) is 0.227. The number of carbonyl (C=O) groups is 2. The second-order valence-corrected chi connectivity index (χ2v) is 7.49. The third-order valence-electron chi connectivity index (χ3n) is 4.55. The normalized spacial score (nSPS) is 19.5. The molecule has 1 aromatic heterocycles. The van der Waals surface area contributed by atoms with Crippen molar-refractivity contribution in [3.63, 3.8) is 0 Å². The average Bonchev–Trinajstić information content (AvgIpc) is 3.07. The number of aromatic amines is 1. The highest BCUT2D eigenvalue weighted by Gasteiger charge is 2.33. The quantitative estimate of drug-likeness (QED) is 0.638. The van der Waals surface area contributed by atoms with Crippen LogP contribution in [0.2, 0.25) is 0 Å². The van der Waals surface area contributed by atoms with Crippen LogP contribution >= 0.6 is 11.8 Å². The van der Waals surface area contributed by atoms with Gasteiger partial charge in [-0.2, -0.15) is 11.8 Å². The Balaban J connectivity index is 1.46. The van der Waals surface area contributed by atoms with Gasteiger partial charge in [-0.05, 0) is 25.0 Å². The van der Waals surface area contributed by atoms with E-state index in [-0.39, 0.29) is 17.5 Å². The smallest absolute Gasteiger partial charge is 0.308 e. The van der Waals surface area contributed by atoms with E-state index >= 15 is 0 Å². The molecule has 2 atom stereocenters. The zero-order valence-electron chi connectivity index (χ0n) is 14.2. The van der Waals surface area contributed by atoms with E-state index in [0.29, 0.717) is 41.1 Å². The van der Waals surface area contributed by atoms with Crippen LogP contribution in [0.1, 0.15) is 31.5 Å². The maximum atomic E-state index is 12.0. The van der Waals surface area contributed by atoms with Crippen LogP contribution in [0.5, 0.6) is 0 Å². The summed E-state index contributed by atoms with van der Waals surface area (Å²) in [6.45, 7) is 0. The highest BCUT2D eigenvalue weighted by atomic mass is 32.2. The van der Waals surface area contributed by atoms with Gasteiger partial charge < -0.3 is 15.4 Å². The number of H-pyrrole nitrogens is 1. The maximum Gasteiger partial charge on any atom is 0.308 e. The van der Waals surface area contributed by atoms with E-state index in [1.165, 1.54) is 11.8 Å². The molecule has 26 heavy (non-hydrogen) atoms. The van der Waals surface area contributed by atoms with E-state index in [0.717, 1.165) is 12.8 Å². The summed E-state index contributed by atoms with van der Waals surface area (Å²) in [6.07, 6.45) is 2.48. The molecule has 1 amide bonds. The van der Waals surface area contributed by atoms with Crippen molar-refractivity contribution in [1.82, 2.24) is 15.3 Å². The Kier molecular flexibility index (Phi) is 5.92. The molecule has 0 radical (unpaired) electrons. The Morgan fingerprint density at radius 1 is 1.31 bits per heavy atom. The number of amides is 1. The number of para-hydroxylation sites is 1. The molecule has 138 valence electrons. The zero-order chi connectivity index (χ0) is 18.5. The minimum Gasteiger partial charge on any atom is -0.481 e. The van der Waals surface area contributed by atoms with Crippen molar-refractivity contribution >= 4 is 34.5 Å². The molecule has 0 bridgehead atoms. The lowest BCUT2D eigenvalue weighted by molar-refractivity contribution is -0.142. The van der Waals surface area contributed by atoms with Crippen LogP contribution in [0.4, 0.5) is 0 Å². The summed E-state index contributed by atoms with van der Waals surface area (Å²) >= 11 is 1.51. The van der Waals surface area contributed by atoms with Crippen molar-refractivity contribution in [2.24, 2.45) is 5.92 Å². The van der Waals surface area contributed by atoms with Crippen LogP contribution in [0.15, 0.2) is 29.1 Å². The second-order valence-electron chi connectivity index (χ2n) is 6.38. The van der Waals surface area contributed by atoms with E-state index < -0.39 is 11.9 Å². The minimum atomic E-state index is -0.839. The molecule has 1 saturated carbocycles. The van der Waals surface area contributed by atoms with Crippen LogP contribution in [-0.2, 0) is 15.3 Å². The van der Waals surface area contributed by atoms with Crippen LogP contribution < -0.4 is 10.9 Å². The lowest BCUT2D eigenvalue weighted by Gasteiger charge is -2.17. The SMILES string of the molecule is O=C(CCSCc1nc2ccccc2c(=O)[nH]1)N[C@H]1CCC[C@H]1C(=O)O. The van der Waals surface area contributed by atoms with Crippen LogP contribution in [0.3, 0.4) is 0 Å². The number of rotatable bonds is 7. The molecule has 3 N–H and O–H groups in total. The van der Waals surface area contributed by atoms with Gasteiger partial charge in [0, 0.05) is 18.2 Å². The van der Waals surface area contributed by atoms with Crippen molar-refractivity contribution in [2.75, 3.05) is 5.75 Å². The minimum absolute atomic E-state index is 0.129. The molecule has 0 unspecified atom stereocenters. The number of thioether (sulfide) groups is 1. The Hall–Kier alpha value is -2.35. The number of carbonyl (C=O) groups excluding carboxylic acids is 1. The van der Waals surface area contributed by atoms with Gasteiger partial charge in [-0.3, -0.25) is 14.4 Å². The fourth-order valence-electron chi connectivity index (χ4n) is 3.24. The summed E-state index contributed by atoms with van der Waals surface area (Å²) in [5, 5.41) is 12.5. The summed E-state index contributed by atoms with van der Waals surface area (Å²) in [7, 11) is 0. The van der Waals surface area contributed by atoms with E-state index in [4.69, 9.17) is 5.11 Å². The number of hydrogen-bond acceptors (Lipinski definition) is 5. The number of aromatic nitrogens is 2. The largest absolute Gasteiger partial charge is 0.481 e. The van der Waals surface area contributed by atoms with Gasteiger partial charge in [0.1, 0.15) is 5.82 Å². The fraction of sp³-hybridized carbons (Fsp3) is 0.444. The second kappa shape index (κ2) is 8.35. The molecular weight excluding hydrogens is 354 g/mol. The third kappa shape index (κ3) is 4.43.